The lowest BCUT2D eigenvalue weighted by atomic mass is 10.0. The van der Waals surface area contributed by atoms with Crippen LogP contribution in [0.5, 0.6) is 0 Å². The van der Waals surface area contributed by atoms with Gasteiger partial charge in [0.2, 0.25) is 11.8 Å². The fraction of sp³-hybridized carbons (Fsp3) is 0.550. The monoisotopic (exact) mass is 424 g/mol. The number of carboxylic acid groups (broad SMARTS) is 1. The molecule has 9 heteroatoms. The summed E-state index contributed by atoms with van der Waals surface area (Å²) >= 11 is 0. The van der Waals surface area contributed by atoms with E-state index in [0.29, 0.717) is 12.8 Å². The summed E-state index contributed by atoms with van der Waals surface area (Å²) in [5, 5.41) is 14.4. The molecule has 0 aliphatic carbocycles. The van der Waals surface area contributed by atoms with E-state index in [1.807, 2.05) is 17.0 Å². The molecule has 29 heavy (non-hydrogen) atoms. The van der Waals surface area contributed by atoms with Gasteiger partial charge < -0.3 is 15.3 Å². The van der Waals surface area contributed by atoms with E-state index in [1.165, 1.54) is 5.56 Å². The summed E-state index contributed by atoms with van der Waals surface area (Å²) in [6, 6.07) is 7.73. The standard InChI is InChI=1S/C20H28N4O4.ClH/c25-18-8-7-17(20(28)22-18)21-16-5-3-15(4-6-16)2-1-9-23-10-12-24(13-11-23)14-19(26)27;/h3-6,17,21H,1-2,7-14H2,(H,26,27)(H,22,25,28);1H. The average molecular weight is 425 g/mol. The number of nitrogens with zero attached hydrogens (tertiary/aromatic N) is 2. The van der Waals surface area contributed by atoms with Gasteiger partial charge in [-0.2, -0.15) is 0 Å². The molecule has 8 nitrogen and oxygen atoms in total. The molecule has 2 aliphatic heterocycles. The lowest BCUT2D eigenvalue weighted by Gasteiger charge is -2.33. The Kier molecular flexibility index (Phi) is 8.88. The topological polar surface area (TPSA) is 102 Å². The van der Waals surface area contributed by atoms with Crippen LogP contribution < -0.4 is 10.6 Å². The second-order valence-electron chi connectivity index (χ2n) is 7.46. The first-order chi connectivity index (χ1) is 13.5. The number of piperidine rings is 1. The second kappa shape index (κ2) is 11.1. The van der Waals surface area contributed by atoms with Crippen LogP contribution in [0.25, 0.3) is 0 Å². The molecule has 3 N–H and O–H groups in total. The summed E-state index contributed by atoms with van der Waals surface area (Å²) in [4.78, 5) is 38.1. The van der Waals surface area contributed by atoms with Crippen LogP contribution in [-0.4, -0.2) is 78.0 Å². The number of carboxylic acids is 1. The van der Waals surface area contributed by atoms with Gasteiger partial charge in [0.15, 0.2) is 0 Å². The highest BCUT2D eigenvalue weighted by Gasteiger charge is 2.26. The van der Waals surface area contributed by atoms with Crippen LogP contribution in [0.1, 0.15) is 24.8 Å². The van der Waals surface area contributed by atoms with Crippen LogP contribution in [0.3, 0.4) is 0 Å². The highest BCUT2D eigenvalue weighted by Crippen LogP contribution is 2.16. The number of nitrogens with one attached hydrogen (secondary N) is 2. The van der Waals surface area contributed by atoms with Crippen LogP contribution in [0, 0.1) is 0 Å². The minimum Gasteiger partial charge on any atom is -0.480 e. The summed E-state index contributed by atoms with van der Waals surface area (Å²) < 4.78 is 0. The molecule has 0 aromatic heterocycles. The molecule has 2 saturated heterocycles. The predicted molar refractivity (Wildman–Crippen MR) is 112 cm³/mol. The van der Waals surface area contributed by atoms with Crippen LogP contribution in [-0.2, 0) is 20.8 Å². The molecule has 160 valence electrons. The predicted octanol–water partition coefficient (Wildman–Crippen LogP) is 0.960. The van der Waals surface area contributed by atoms with Gasteiger partial charge in [-0.25, -0.2) is 0 Å². The first kappa shape index (κ1) is 23.1. The van der Waals surface area contributed by atoms with Gasteiger partial charge in [0.05, 0.1) is 6.54 Å². The maximum Gasteiger partial charge on any atom is 0.317 e. The van der Waals surface area contributed by atoms with Crippen molar-refractivity contribution < 1.29 is 19.5 Å². The maximum atomic E-state index is 11.8. The molecule has 3 rings (SSSR count). The first-order valence-corrected chi connectivity index (χ1v) is 9.85. The van der Waals surface area contributed by atoms with Gasteiger partial charge >= 0.3 is 5.97 Å². The zero-order valence-electron chi connectivity index (χ0n) is 16.4. The second-order valence-corrected chi connectivity index (χ2v) is 7.46. The summed E-state index contributed by atoms with van der Waals surface area (Å²) in [6.45, 7) is 4.61. The Balaban J connectivity index is 0.00000300. The summed E-state index contributed by atoms with van der Waals surface area (Å²) in [6.07, 6.45) is 2.92. The SMILES string of the molecule is Cl.O=C(O)CN1CCN(CCCc2ccc(NC3CCC(=O)NC3=O)cc2)CC1. The third-order valence-electron chi connectivity index (χ3n) is 5.30. The molecular formula is C20H29ClN4O4. The molecule has 1 atom stereocenters. The molecule has 0 saturated carbocycles. The lowest BCUT2D eigenvalue weighted by Crippen LogP contribution is -2.48. The van der Waals surface area contributed by atoms with Gasteiger partial charge in [-0.1, -0.05) is 12.1 Å². The van der Waals surface area contributed by atoms with E-state index in [2.05, 4.69) is 27.7 Å². The lowest BCUT2D eigenvalue weighted by molar-refractivity contribution is -0.139. The Morgan fingerprint density at radius 2 is 1.76 bits per heavy atom. The summed E-state index contributed by atoms with van der Waals surface area (Å²) in [7, 11) is 0. The van der Waals surface area contributed by atoms with Gasteiger partial charge in [-0.15, -0.1) is 12.4 Å². The molecule has 2 amide bonds. The van der Waals surface area contributed by atoms with E-state index < -0.39 is 5.97 Å². The van der Waals surface area contributed by atoms with Crippen molar-refractivity contribution in [1.82, 2.24) is 15.1 Å². The smallest absolute Gasteiger partial charge is 0.317 e. The van der Waals surface area contributed by atoms with Crippen molar-refractivity contribution in [2.24, 2.45) is 0 Å². The highest BCUT2D eigenvalue weighted by molar-refractivity contribution is 6.01. The third-order valence-corrected chi connectivity index (χ3v) is 5.30. The van der Waals surface area contributed by atoms with E-state index in [0.717, 1.165) is 51.3 Å². The Bertz CT molecular complexity index is 705. The number of anilines is 1. The van der Waals surface area contributed by atoms with E-state index in [1.54, 1.807) is 0 Å². The Morgan fingerprint density at radius 1 is 1.10 bits per heavy atom. The zero-order chi connectivity index (χ0) is 19.9. The third kappa shape index (κ3) is 7.30. The van der Waals surface area contributed by atoms with Crippen LogP contribution in [0.15, 0.2) is 24.3 Å². The number of hydrogen-bond acceptors (Lipinski definition) is 6. The number of carbonyl (C=O) groups excluding carboxylic acids is 2. The van der Waals surface area contributed by atoms with Gasteiger partial charge in [-0.3, -0.25) is 24.6 Å². The number of halogens is 1. The molecule has 1 aromatic carbocycles. The number of amides is 2. The van der Waals surface area contributed by atoms with Gasteiger partial charge in [0, 0.05) is 38.3 Å². The van der Waals surface area contributed by atoms with Gasteiger partial charge in [0.1, 0.15) is 6.04 Å². The van der Waals surface area contributed by atoms with E-state index in [-0.39, 0.29) is 36.8 Å². The Labute approximate surface area is 177 Å². The van der Waals surface area contributed by atoms with E-state index in [4.69, 9.17) is 5.11 Å². The number of piperazine rings is 1. The number of carbonyl (C=O) groups is 3. The Morgan fingerprint density at radius 3 is 2.38 bits per heavy atom. The molecule has 2 fully saturated rings. The summed E-state index contributed by atoms with van der Waals surface area (Å²) in [5.74, 6) is -1.23. The molecule has 2 aliphatic rings. The van der Waals surface area contributed by atoms with Gasteiger partial charge in [-0.05, 0) is 43.5 Å². The van der Waals surface area contributed by atoms with Crippen molar-refractivity contribution in [3.05, 3.63) is 29.8 Å². The van der Waals surface area contributed by atoms with Gasteiger partial charge in [0.25, 0.3) is 0 Å². The van der Waals surface area contributed by atoms with E-state index >= 15 is 0 Å². The number of rotatable bonds is 8. The fourth-order valence-electron chi connectivity index (χ4n) is 3.67. The van der Waals surface area contributed by atoms with E-state index in [9.17, 15) is 14.4 Å². The first-order valence-electron chi connectivity index (χ1n) is 9.85. The fourth-order valence-corrected chi connectivity index (χ4v) is 3.67. The van der Waals surface area contributed by atoms with Crippen LogP contribution in [0.2, 0.25) is 0 Å². The minimum atomic E-state index is -0.760. The molecule has 1 aromatic rings. The van der Waals surface area contributed by atoms with Crippen LogP contribution in [0.4, 0.5) is 5.69 Å². The molecule has 0 radical (unpaired) electrons. The van der Waals surface area contributed by atoms with Crippen molar-refractivity contribution in [3.8, 4) is 0 Å². The van der Waals surface area contributed by atoms with Crippen molar-refractivity contribution >= 4 is 35.9 Å². The quantitative estimate of drug-likeness (QED) is 0.534. The average Bonchev–Trinajstić information content (AvgIpc) is 2.66. The molecular weight excluding hydrogens is 396 g/mol. The molecule has 0 bridgehead atoms. The largest absolute Gasteiger partial charge is 0.480 e. The zero-order valence-corrected chi connectivity index (χ0v) is 17.2. The normalized spacial score (nSPS) is 20.6. The van der Waals surface area contributed by atoms with Crippen LogP contribution >= 0.6 is 12.4 Å². The molecule has 2 heterocycles. The number of aryl methyl sites for hydroxylation is 1. The van der Waals surface area contributed by atoms with Crippen molar-refractivity contribution in [2.45, 2.75) is 31.7 Å². The minimum absolute atomic E-state index is 0. The number of hydrogen-bond donors (Lipinski definition) is 3. The number of benzene rings is 1. The number of aliphatic carboxylic acids is 1. The maximum absolute atomic E-state index is 11.8. The summed E-state index contributed by atoms with van der Waals surface area (Å²) in [5.41, 5.74) is 2.13. The van der Waals surface area contributed by atoms with Crippen molar-refractivity contribution in [3.63, 3.8) is 0 Å². The molecule has 0 spiro atoms. The Hall–Kier alpha value is -2.16. The molecule has 1 unspecified atom stereocenters. The van der Waals surface area contributed by atoms with Crippen molar-refractivity contribution in [2.75, 3.05) is 44.6 Å². The van der Waals surface area contributed by atoms with Crippen molar-refractivity contribution in [1.29, 1.82) is 0 Å². The highest BCUT2D eigenvalue weighted by atomic mass is 35.5. The number of imide groups is 1.